The lowest BCUT2D eigenvalue weighted by Gasteiger charge is -2.42. The zero-order valence-electron chi connectivity index (χ0n) is 20.2. The lowest BCUT2D eigenvalue weighted by atomic mass is 9.93. The summed E-state index contributed by atoms with van der Waals surface area (Å²) in [6.07, 6.45) is 0. The normalized spacial score (nSPS) is 21.7. The molecular weight excluding hydrogens is 422 g/mol. The van der Waals surface area contributed by atoms with Crippen molar-refractivity contribution in [1.29, 1.82) is 0 Å². The van der Waals surface area contributed by atoms with Crippen molar-refractivity contribution in [3.05, 3.63) is 46.7 Å². The van der Waals surface area contributed by atoms with Crippen LogP contribution in [0.15, 0.2) is 35.5 Å². The van der Waals surface area contributed by atoms with Gasteiger partial charge in [-0.05, 0) is 33.3 Å². The van der Waals surface area contributed by atoms with Gasteiger partial charge in [0, 0.05) is 51.5 Å². The highest BCUT2D eigenvalue weighted by atomic mass is 16.5. The van der Waals surface area contributed by atoms with Gasteiger partial charge in [-0.1, -0.05) is 29.8 Å². The van der Waals surface area contributed by atoms with Crippen LogP contribution in [0, 0.1) is 6.92 Å². The van der Waals surface area contributed by atoms with Crippen molar-refractivity contribution < 1.29 is 19.1 Å². The van der Waals surface area contributed by atoms with Crippen LogP contribution in [0.2, 0.25) is 0 Å². The quantitative estimate of drug-likeness (QED) is 0.639. The number of esters is 1. The number of amides is 4. The molecule has 3 rings (SSSR count). The van der Waals surface area contributed by atoms with Crippen LogP contribution in [0.3, 0.4) is 0 Å². The Balaban J connectivity index is 1.93. The number of aryl methyl sites for hydroxylation is 1. The van der Waals surface area contributed by atoms with Gasteiger partial charge in [-0.3, -0.25) is 9.80 Å². The number of nitrogens with one attached hydrogen (secondary N) is 2. The maximum absolute atomic E-state index is 13.1. The average Bonchev–Trinajstić information content (AvgIpc) is 2.77. The Morgan fingerprint density at radius 2 is 2.00 bits per heavy atom. The fraction of sp³-hybridized carbons (Fsp3) is 0.542. The predicted molar refractivity (Wildman–Crippen MR) is 126 cm³/mol. The standard InChI is InChI=1S/C24H35N5O4/c1-6-25-23(31)29-12-11-28(14-17(29)4)15-19-20(22(30)33-7-2)21(26-24(32)27(19)5)18-10-8-9-16(3)13-18/h8-10,13,17,21H,6-7,11-12,14-15H2,1-5H3,(H,25,31)(H,26,32). The molecule has 0 aliphatic carbocycles. The summed E-state index contributed by atoms with van der Waals surface area (Å²) < 4.78 is 5.41. The number of hydrogen-bond acceptors (Lipinski definition) is 5. The van der Waals surface area contributed by atoms with Gasteiger partial charge in [0.15, 0.2) is 0 Å². The first-order valence-electron chi connectivity index (χ1n) is 11.5. The molecule has 0 radical (unpaired) electrons. The maximum Gasteiger partial charge on any atom is 0.338 e. The largest absolute Gasteiger partial charge is 0.463 e. The molecule has 2 unspecified atom stereocenters. The zero-order valence-corrected chi connectivity index (χ0v) is 20.2. The molecule has 1 aromatic carbocycles. The van der Waals surface area contributed by atoms with Crippen molar-refractivity contribution in [2.24, 2.45) is 0 Å². The van der Waals surface area contributed by atoms with Crippen LogP contribution in [-0.4, -0.2) is 85.2 Å². The van der Waals surface area contributed by atoms with E-state index < -0.39 is 12.0 Å². The minimum absolute atomic E-state index is 0.00670. The van der Waals surface area contributed by atoms with E-state index >= 15 is 0 Å². The lowest BCUT2D eigenvalue weighted by Crippen LogP contribution is -2.57. The van der Waals surface area contributed by atoms with E-state index in [4.69, 9.17) is 4.74 Å². The van der Waals surface area contributed by atoms with Gasteiger partial charge in [0.2, 0.25) is 0 Å². The number of piperazine rings is 1. The molecule has 1 saturated heterocycles. The van der Waals surface area contributed by atoms with Gasteiger partial charge in [0.05, 0.1) is 18.2 Å². The maximum atomic E-state index is 13.1. The van der Waals surface area contributed by atoms with E-state index in [2.05, 4.69) is 15.5 Å². The molecule has 33 heavy (non-hydrogen) atoms. The summed E-state index contributed by atoms with van der Waals surface area (Å²) in [5.41, 5.74) is 2.96. The Morgan fingerprint density at radius 3 is 2.64 bits per heavy atom. The molecule has 2 heterocycles. The van der Waals surface area contributed by atoms with E-state index in [1.165, 1.54) is 4.90 Å². The first kappa shape index (κ1) is 24.6. The highest BCUT2D eigenvalue weighted by molar-refractivity contribution is 5.95. The third kappa shape index (κ3) is 5.47. The molecule has 0 saturated carbocycles. The monoisotopic (exact) mass is 457 g/mol. The second-order valence-corrected chi connectivity index (χ2v) is 8.55. The first-order valence-corrected chi connectivity index (χ1v) is 11.5. The fourth-order valence-corrected chi connectivity index (χ4v) is 4.44. The number of benzene rings is 1. The van der Waals surface area contributed by atoms with Crippen LogP contribution in [-0.2, 0) is 9.53 Å². The molecule has 180 valence electrons. The lowest BCUT2D eigenvalue weighted by molar-refractivity contribution is -0.139. The van der Waals surface area contributed by atoms with Crippen molar-refractivity contribution in [1.82, 2.24) is 25.3 Å². The van der Waals surface area contributed by atoms with Crippen molar-refractivity contribution in [2.45, 2.75) is 39.8 Å². The number of likely N-dealkylation sites (N-methyl/N-ethyl adjacent to an activating group) is 1. The van der Waals surface area contributed by atoms with Gasteiger partial charge in [-0.15, -0.1) is 0 Å². The topological polar surface area (TPSA) is 94.2 Å². The minimum Gasteiger partial charge on any atom is -0.463 e. The van der Waals surface area contributed by atoms with Crippen molar-refractivity contribution in [2.75, 3.05) is 46.4 Å². The molecule has 1 fully saturated rings. The second kappa shape index (κ2) is 10.7. The molecule has 4 amide bonds. The number of nitrogens with zero attached hydrogens (tertiary/aromatic N) is 3. The van der Waals surface area contributed by atoms with Gasteiger partial charge >= 0.3 is 18.0 Å². The Kier molecular flexibility index (Phi) is 7.97. The molecule has 0 aromatic heterocycles. The highest BCUT2D eigenvalue weighted by Crippen LogP contribution is 2.32. The Morgan fingerprint density at radius 1 is 1.24 bits per heavy atom. The third-order valence-corrected chi connectivity index (χ3v) is 6.12. The average molecular weight is 458 g/mol. The SMILES string of the molecule is CCNC(=O)N1CCN(CC2=C(C(=O)OCC)C(c3cccc(C)c3)NC(=O)N2C)CC1C. The smallest absolute Gasteiger partial charge is 0.338 e. The van der Waals surface area contributed by atoms with Gasteiger partial charge < -0.3 is 20.3 Å². The Bertz CT molecular complexity index is 931. The highest BCUT2D eigenvalue weighted by Gasteiger charge is 2.38. The summed E-state index contributed by atoms with van der Waals surface area (Å²) >= 11 is 0. The predicted octanol–water partition coefficient (Wildman–Crippen LogP) is 2.24. The fourth-order valence-electron chi connectivity index (χ4n) is 4.44. The van der Waals surface area contributed by atoms with Gasteiger partial charge in [-0.25, -0.2) is 14.4 Å². The van der Waals surface area contributed by atoms with Crippen molar-refractivity contribution in [3.63, 3.8) is 0 Å². The number of carbonyl (C=O) groups is 3. The van der Waals surface area contributed by atoms with Gasteiger partial charge in [0.25, 0.3) is 0 Å². The minimum atomic E-state index is -0.586. The Labute approximate surface area is 195 Å². The number of hydrogen-bond donors (Lipinski definition) is 2. The van der Waals surface area contributed by atoms with Crippen LogP contribution in [0.1, 0.15) is 37.9 Å². The molecule has 2 aliphatic heterocycles. The van der Waals surface area contributed by atoms with Crippen LogP contribution < -0.4 is 10.6 Å². The van der Waals surface area contributed by atoms with Gasteiger partial charge in [0.1, 0.15) is 0 Å². The summed E-state index contributed by atoms with van der Waals surface area (Å²) in [4.78, 5) is 43.8. The summed E-state index contributed by atoms with van der Waals surface area (Å²) in [5.74, 6) is -0.431. The van der Waals surface area contributed by atoms with E-state index in [1.54, 1.807) is 14.0 Å². The third-order valence-electron chi connectivity index (χ3n) is 6.12. The first-order chi connectivity index (χ1) is 15.8. The molecule has 9 nitrogen and oxygen atoms in total. The molecule has 0 spiro atoms. The number of ether oxygens (including phenoxy) is 1. The summed E-state index contributed by atoms with van der Waals surface area (Å²) in [5, 5.41) is 5.82. The van der Waals surface area contributed by atoms with E-state index in [-0.39, 0.29) is 24.7 Å². The molecule has 1 aromatic rings. The van der Waals surface area contributed by atoms with Crippen molar-refractivity contribution in [3.8, 4) is 0 Å². The molecule has 2 aliphatic rings. The van der Waals surface area contributed by atoms with E-state index in [0.717, 1.165) is 11.1 Å². The molecular formula is C24H35N5O4. The number of urea groups is 2. The number of rotatable bonds is 6. The summed E-state index contributed by atoms with van der Waals surface area (Å²) in [6, 6.07) is 6.87. The van der Waals surface area contributed by atoms with Crippen molar-refractivity contribution >= 4 is 18.0 Å². The summed E-state index contributed by atoms with van der Waals surface area (Å²) in [7, 11) is 1.67. The molecule has 2 N–H and O–H groups in total. The van der Waals surface area contributed by atoms with Crippen LogP contribution >= 0.6 is 0 Å². The second-order valence-electron chi connectivity index (χ2n) is 8.55. The Hall–Kier alpha value is -3.07. The van der Waals surface area contributed by atoms with Crippen LogP contribution in [0.5, 0.6) is 0 Å². The van der Waals surface area contributed by atoms with Crippen LogP contribution in [0.4, 0.5) is 9.59 Å². The van der Waals surface area contributed by atoms with E-state index in [0.29, 0.717) is 44.0 Å². The van der Waals surface area contributed by atoms with Gasteiger partial charge in [-0.2, -0.15) is 0 Å². The summed E-state index contributed by atoms with van der Waals surface area (Å²) in [6.45, 7) is 10.8. The van der Waals surface area contributed by atoms with E-state index in [9.17, 15) is 14.4 Å². The number of carbonyl (C=O) groups excluding carboxylic acids is 3. The zero-order chi connectivity index (χ0) is 24.1. The van der Waals surface area contributed by atoms with E-state index in [1.807, 2.05) is 49.9 Å². The molecule has 0 bridgehead atoms. The van der Waals surface area contributed by atoms with Crippen LogP contribution in [0.25, 0.3) is 0 Å². The molecule has 9 heteroatoms. The molecule has 2 atom stereocenters.